The Morgan fingerprint density at radius 3 is 2.00 bits per heavy atom. The molecule has 0 atom stereocenters. The van der Waals surface area contributed by atoms with Crippen LogP contribution in [-0.4, -0.2) is 33.2 Å². The fourth-order valence-corrected chi connectivity index (χ4v) is 4.50. The van der Waals surface area contributed by atoms with Gasteiger partial charge in [-0.2, -0.15) is 0 Å². The first-order chi connectivity index (χ1) is 16.1. The van der Waals surface area contributed by atoms with Crippen molar-refractivity contribution in [1.29, 1.82) is 0 Å². The van der Waals surface area contributed by atoms with Crippen molar-refractivity contribution in [3.05, 3.63) is 93.5 Å². The minimum atomic E-state index is -3.67. The van der Waals surface area contributed by atoms with Crippen molar-refractivity contribution in [3.8, 4) is 0 Å². The maximum Gasteiger partial charge on any atom is 0.338 e. The molecule has 0 fully saturated rings. The Kier molecular flexibility index (Phi) is 8.19. The van der Waals surface area contributed by atoms with Crippen LogP contribution in [0.15, 0.2) is 66.7 Å². The number of carbonyl (C=O) groups is 2. The third kappa shape index (κ3) is 6.28. The van der Waals surface area contributed by atoms with Crippen LogP contribution in [0.25, 0.3) is 0 Å². The standard InChI is InChI=1S/C24H22Cl2N2O5S/c1-3-33-24(30)17-7-11-18(12-8-17)27-23(29)16-9-13-19(14-10-16)28(34(2,31)32)15-20-21(25)5-4-6-22(20)26/h4-14H,3,15H2,1-2H3,(H,27,29). The number of ether oxygens (including phenoxy) is 1. The van der Waals surface area contributed by atoms with Gasteiger partial charge in [0.05, 0.1) is 30.7 Å². The molecular weight excluding hydrogens is 499 g/mol. The summed E-state index contributed by atoms with van der Waals surface area (Å²) in [5.74, 6) is -0.833. The molecule has 0 aliphatic carbocycles. The van der Waals surface area contributed by atoms with Crippen molar-refractivity contribution in [2.45, 2.75) is 13.5 Å². The van der Waals surface area contributed by atoms with E-state index >= 15 is 0 Å². The number of esters is 1. The zero-order chi connectivity index (χ0) is 24.9. The molecule has 10 heteroatoms. The first-order valence-electron chi connectivity index (χ1n) is 10.2. The number of nitrogens with zero attached hydrogens (tertiary/aromatic N) is 1. The highest BCUT2D eigenvalue weighted by Crippen LogP contribution is 2.29. The fourth-order valence-electron chi connectivity index (χ4n) is 3.11. The van der Waals surface area contributed by atoms with Gasteiger partial charge in [-0.05, 0) is 67.6 Å². The number of hydrogen-bond donors (Lipinski definition) is 1. The number of rotatable bonds is 8. The minimum Gasteiger partial charge on any atom is -0.462 e. The molecule has 34 heavy (non-hydrogen) atoms. The van der Waals surface area contributed by atoms with Crippen LogP contribution in [0.2, 0.25) is 10.0 Å². The second-order valence-electron chi connectivity index (χ2n) is 7.27. The van der Waals surface area contributed by atoms with Gasteiger partial charge in [0.1, 0.15) is 0 Å². The van der Waals surface area contributed by atoms with Crippen LogP contribution < -0.4 is 9.62 Å². The third-order valence-corrected chi connectivity index (χ3v) is 6.68. The summed E-state index contributed by atoms with van der Waals surface area (Å²) in [5.41, 5.74) is 2.03. The Morgan fingerprint density at radius 1 is 0.912 bits per heavy atom. The summed E-state index contributed by atoms with van der Waals surface area (Å²) in [5, 5.41) is 3.44. The Hall–Kier alpha value is -3.07. The van der Waals surface area contributed by atoms with Gasteiger partial charge in [-0.3, -0.25) is 9.10 Å². The Labute approximate surface area is 208 Å². The van der Waals surface area contributed by atoms with Crippen molar-refractivity contribution in [2.75, 3.05) is 22.5 Å². The summed E-state index contributed by atoms with van der Waals surface area (Å²) in [6, 6.07) is 17.3. The molecule has 3 aromatic rings. The molecule has 3 aromatic carbocycles. The SMILES string of the molecule is CCOC(=O)c1ccc(NC(=O)c2ccc(N(Cc3c(Cl)cccc3Cl)S(C)(=O)=O)cc2)cc1. The molecular formula is C24H22Cl2N2O5S. The molecule has 0 heterocycles. The van der Waals surface area contributed by atoms with E-state index in [1.165, 1.54) is 24.3 Å². The van der Waals surface area contributed by atoms with E-state index in [1.54, 1.807) is 49.4 Å². The van der Waals surface area contributed by atoms with Gasteiger partial charge in [0.15, 0.2) is 0 Å². The number of halogens is 2. The molecule has 178 valence electrons. The predicted molar refractivity (Wildman–Crippen MR) is 134 cm³/mol. The molecule has 0 saturated heterocycles. The molecule has 1 amide bonds. The van der Waals surface area contributed by atoms with Crippen LogP contribution in [0, 0.1) is 0 Å². The third-order valence-electron chi connectivity index (χ3n) is 4.84. The van der Waals surface area contributed by atoms with Gasteiger partial charge in [-0.25, -0.2) is 13.2 Å². The number of sulfonamides is 1. The lowest BCUT2D eigenvalue weighted by atomic mass is 10.1. The molecule has 0 saturated carbocycles. The van der Waals surface area contributed by atoms with Gasteiger partial charge in [0, 0.05) is 26.9 Å². The van der Waals surface area contributed by atoms with Crippen LogP contribution in [0.4, 0.5) is 11.4 Å². The zero-order valence-corrected chi connectivity index (χ0v) is 20.7. The van der Waals surface area contributed by atoms with E-state index in [2.05, 4.69) is 5.32 Å². The van der Waals surface area contributed by atoms with E-state index < -0.39 is 21.9 Å². The van der Waals surface area contributed by atoms with Crippen molar-refractivity contribution in [1.82, 2.24) is 0 Å². The zero-order valence-electron chi connectivity index (χ0n) is 18.4. The van der Waals surface area contributed by atoms with Gasteiger partial charge < -0.3 is 10.1 Å². The van der Waals surface area contributed by atoms with Crippen LogP contribution in [0.1, 0.15) is 33.2 Å². The normalized spacial score (nSPS) is 11.1. The molecule has 0 aliphatic heterocycles. The second-order valence-corrected chi connectivity index (χ2v) is 9.99. The van der Waals surface area contributed by atoms with Crippen molar-refractivity contribution >= 4 is 56.5 Å². The van der Waals surface area contributed by atoms with Crippen LogP contribution >= 0.6 is 23.2 Å². The maximum absolute atomic E-state index is 12.6. The Morgan fingerprint density at radius 2 is 1.47 bits per heavy atom. The Bertz CT molecular complexity index is 1270. The van der Waals surface area contributed by atoms with Crippen molar-refractivity contribution < 1.29 is 22.7 Å². The summed E-state index contributed by atoms with van der Waals surface area (Å²) < 4.78 is 31.0. The fraction of sp³-hybridized carbons (Fsp3) is 0.167. The average molecular weight is 521 g/mol. The second kappa shape index (κ2) is 10.9. The first kappa shape index (κ1) is 25.6. The van der Waals surface area contributed by atoms with E-state index in [4.69, 9.17) is 27.9 Å². The predicted octanol–water partition coefficient (Wildman–Crippen LogP) is 5.39. The molecule has 0 unspecified atom stereocenters. The molecule has 0 radical (unpaired) electrons. The lowest BCUT2D eigenvalue weighted by Gasteiger charge is -2.23. The Balaban J connectivity index is 1.77. The van der Waals surface area contributed by atoms with Gasteiger partial charge >= 0.3 is 5.97 Å². The lowest BCUT2D eigenvalue weighted by Crippen LogP contribution is -2.29. The summed E-state index contributed by atoms with van der Waals surface area (Å²) in [6.45, 7) is 1.93. The minimum absolute atomic E-state index is 0.0598. The quantitative estimate of drug-likeness (QED) is 0.402. The van der Waals surface area contributed by atoms with E-state index in [0.29, 0.717) is 38.1 Å². The van der Waals surface area contributed by atoms with Crippen molar-refractivity contribution in [2.24, 2.45) is 0 Å². The number of carbonyl (C=O) groups excluding carboxylic acids is 2. The number of benzene rings is 3. The van der Waals surface area contributed by atoms with Gasteiger partial charge in [0.2, 0.25) is 10.0 Å². The largest absolute Gasteiger partial charge is 0.462 e. The van der Waals surface area contributed by atoms with Gasteiger partial charge in [0.25, 0.3) is 5.91 Å². The number of amides is 1. The number of nitrogens with one attached hydrogen (secondary N) is 1. The van der Waals surface area contributed by atoms with Gasteiger partial charge in [-0.15, -0.1) is 0 Å². The van der Waals surface area contributed by atoms with Gasteiger partial charge in [-0.1, -0.05) is 29.3 Å². The monoisotopic (exact) mass is 520 g/mol. The summed E-state index contributed by atoms with van der Waals surface area (Å²) in [7, 11) is -3.67. The highest BCUT2D eigenvalue weighted by atomic mass is 35.5. The average Bonchev–Trinajstić information content (AvgIpc) is 2.79. The summed E-state index contributed by atoms with van der Waals surface area (Å²) >= 11 is 12.4. The van der Waals surface area contributed by atoms with E-state index in [-0.39, 0.29) is 13.2 Å². The van der Waals surface area contributed by atoms with Crippen LogP contribution in [-0.2, 0) is 21.3 Å². The van der Waals surface area contributed by atoms with E-state index in [1.807, 2.05) is 0 Å². The molecule has 0 aliphatic rings. The highest BCUT2D eigenvalue weighted by molar-refractivity contribution is 7.92. The molecule has 1 N–H and O–H groups in total. The summed E-state index contributed by atoms with van der Waals surface area (Å²) in [6.07, 6.45) is 1.08. The molecule has 0 spiro atoms. The molecule has 7 nitrogen and oxygen atoms in total. The first-order valence-corrected chi connectivity index (χ1v) is 12.8. The molecule has 0 aromatic heterocycles. The summed E-state index contributed by atoms with van der Waals surface area (Å²) in [4.78, 5) is 24.4. The highest BCUT2D eigenvalue weighted by Gasteiger charge is 2.21. The smallest absolute Gasteiger partial charge is 0.338 e. The number of hydrogen-bond acceptors (Lipinski definition) is 5. The number of anilines is 2. The lowest BCUT2D eigenvalue weighted by molar-refractivity contribution is 0.0526. The van der Waals surface area contributed by atoms with Crippen LogP contribution in [0.5, 0.6) is 0 Å². The van der Waals surface area contributed by atoms with Crippen molar-refractivity contribution in [3.63, 3.8) is 0 Å². The molecule has 0 bridgehead atoms. The molecule has 3 rings (SSSR count). The van der Waals surface area contributed by atoms with E-state index in [9.17, 15) is 18.0 Å². The van der Waals surface area contributed by atoms with Crippen LogP contribution in [0.3, 0.4) is 0 Å². The maximum atomic E-state index is 12.6. The van der Waals surface area contributed by atoms with E-state index in [0.717, 1.165) is 10.6 Å². The topological polar surface area (TPSA) is 92.8 Å².